The molecule has 15 aromatic rings. The Morgan fingerprint density at radius 2 is 0.406 bits per heavy atom. The Kier molecular flexibility index (Phi) is 34.9. The first-order valence-corrected chi connectivity index (χ1v) is 44.1. The van der Waals surface area contributed by atoms with Gasteiger partial charge in [-0.25, -0.2) is 9.97 Å². The van der Waals surface area contributed by atoms with E-state index >= 15 is 0 Å². The van der Waals surface area contributed by atoms with Crippen LogP contribution in [0.25, 0.3) is 133 Å². The van der Waals surface area contributed by atoms with Crippen LogP contribution < -0.4 is 47.9 Å². The maximum atomic E-state index is 6.37. The van der Waals surface area contributed by atoms with Crippen molar-refractivity contribution in [2.45, 2.75) is 0 Å². The fourth-order valence-electron chi connectivity index (χ4n) is 14.6. The molecule has 7 aromatic heterocycles. The summed E-state index contributed by atoms with van der Waals surface area (Å²) in [7, 11) is 0. The smallest absolute Gasteiger partial charge is 0.491 e. The van der Waals surface area contributed by atoms with E-state index in [1.807, 2.05) is 194 Å². The summed E-state index contributed by atoms with van der Waals surface area (Å²) >= 11 is 0. The number of para-hydroxylation sites is 4. The van der Waals surface area contributed by atoms with Gasteiger partial charge in [-0.05, 0) is 143 Å². The summed E-state index contributed by atoms with van der Waals surface area (Å²) in [5.41, 5.74) is 7.14. The quantitative estimate of drug-likeness (QED) is 0.0252. The second-order valence-electron chi connectivity index (χ2n) is 29.8. The molecule has 2 aliphatic heterocycles. The van der Waals surface area contributed by atoms with Crippen LogP contribution in [0.2, 0.25) is 0 Å². The zero-order valence-corrected chi connectivity index (χ0v) is 76.6. The van der Waals surface area contributed by atoms with Crippen molar-refractivity contribution in [3.8, 4) is 91.5 Å². The van der Waals surface area contributed by atoms with Crippen LogP contribution in [0.5, 0.6) is 46.0 Å². The number of ether oxygens (including phenoxy) is 20. The monoisotopic (exact) mass is 1850 g/mol. The average Bonchev–Trinajstić information content (AvgIpc) is 1.59. The zero-order chi connectivity index (χ0) is 89.2. The van der Waals surface area contributed by atoms with Gasteiger partial charge in [0.15, 0.2) is 0 Å². The van der Waals surface area contributed by atoms with E-state index in [9.17, 15) is 0 Å². The van der Waals surface area contributed by atoms with Crippen LogP contribution in [0.3, 0.4) is 0 Å². The number of nitrogens with zero attached hydrogens (tertiary/aromatic N) is 12. The van der Waals surface area contributed by atoms with Gasteiger partial charge >= 0.3 is 19.5 Å². The molecule has 0 atom stereocenters. The molecule has 32 nitrogen and oxygen atoms in total. The van der Waals surface area contributed by atoms with E-state index in [1.165, 1.54) is 0 Å². The molecule has 0 fully saturated rings. The SMILES string of the molecule is [Zn+2].c1cnc2c(OCCOCCOCCOCCOc3ccc4c(c3)-c3nc-4nc4[n-]c(nc5nc(nc6[n-]c(n3)c3ccc(OCCOCCOCCOCCOc7cccc8cccnc78)cc63)-c3ccc(OCCOCCOCCOCCOc6cccc7cccnc67)cc3-5)c3ccc(OCCOCCOCCOCCOc5cccc6cccnc56)cc43)cccc2c1. The summed E-state index contributed by atoms with van der Waals surface area (Å²) in [6, 6.07) is 61.7. The molecule has 17 rings (SSSR count). The molecule has 0 unspecified atom stereocenters. The largest absolute Gasteiger partial charge is 2.00 e. The van der Waals surface area contributed by atoms with E-state index in [2.05, 4.69) is 19.9 Å². The molecule has 0 amide bonds. The minimum atomic E-state index is 0. The Bertz CT molecular complexity index is 6080. The number of hydrogen-bond donors (Lipinski definition) is 0. The third-order valence-corrected chi connectivity index (χ3v) is 20.9. The van der Waals surface area contributed by atoms with Crippen LogP contribution in [-0.2, 0) is 76.3 Å². The van der Waals surface area contributed by atoms with Gasteiger partial charge in [0.25, 0.3) is 0 Å². The Hall–Kier alpha value is -12.7. The minimum absolute atomic E-state index is 0. The van der Waals surface area contributed by atoms with Crippen molar-refractivity contribution in [1.29, 1.82) is 0 Å². The van der Waals surface area contributed by atoms with Crippen molar-refractivity contribution < 1.29 is 114 Å². The van der Waals surface area contributed by atoms with Crippen LogP contribution in [0.1, 0.15) is 0 Å². The standard InChI is InChI=1S/C100H100N12O20.Zn/c1-9-69-13-5-29-101-89(69)85(17-1)129-61-53-121-45-37-113-33-41-117-49-57-125-73-21-25-77-81(65-73)97-105-93(77)110-98-83-67-75(127-59-51-119-43-35-115-39-47-123-55-63-131-87-19-3-11-71-15-7-31-103-91(71)87)23-27-79(83)95(107-98)112-100-84-68-76(128-60-52-120-44-36-116-40-48-124-56-64-132-88-20-4-12-72-16-8-32-104-92(72)88)24-28-80(84)96(108-100)111-99-82-66-74(22-26-78(82)94(106-99)109-97)126-58-50-118-42-34-114-38-46-122-54-62-130-86-18-2-10-70-14-6-30-102-90(70)86;/h1-32,65-68H,33-64H2;/q-2;+2. The number of hydrogen-bond acceptors (Lipinski definition) is 30. The average molecular weight is 1860 g/mol. The van der Waals surface area contributed by atoms with E-state index in [1.54, 1.807) is 24.8 Å². The van der Waals surface area contributed by atoms with Crippen LogP contribution in [0, 0.1) is 0 Å². The fourth-order valence-corrected chi connectivity index (χ4v) is 14.6. The molecule has 0 saturated heterocycles. The summed E-state index contributed by atoms with van der Waals surface area (Å²) < 4.78 is 119. The second-order valence-corrected chi connectivity index (χ2v) is 29.8. The summed E-state index contributed by atoms with van der Waals surface area (Å²) in [5, 5.41) is 6.65. The topological polar surface area (TPSA) is 342 Å². The van der Waals surface area contributed by atoms with E-state index in [0.29, 0.717) is 298 Å². The Morgan fingerprint density at radius 1 is 0.188 bits per heavy atom. The molecule has 133 heavy (non-hydrogen) atoms. The predicted octanol–water partition coefficient (Wildman–Crippen LogP) is 14.3. The van der Waals surface area contributed by atoms with Crippen molar-refractivity contribution in [1.82, 2.24) is 59.8 Å². The maximum Gasteiger partial charge on any atom is 2.00 e. The van der Waals surface area contributed by atoms with E-state index in [0.717, 1.165) is 66.6 Å². The number of fused-ring (bicyclic) bond motifs is 24. The first kappa shape index (κ1) is 93.5. The maximum absolute atomic E-state index is 6.37. The first-order chi connectivity index (χ1) is 65.5. The normalized spacial score (nSPS) is 11.7. The van der Waals surface area contributed by atoms with Gasteiger partial charge in [-0.2, -0.15) is 0 Å². The molecule has 0 radical (unpaired) electrons. The summed E-state index contributed by atoms with van der Waals surface area (Å²) in [6.45, 7) is 11.3. The molecule has 8 aromatic carbocycles. The van der Waals surface area contributed by atoms with Crippen LogP contribution in [0.4, 0.5) is 0 Å². The number of pyridine rings is 4. The van der Waals surface area contributed by atoms with Crippen molar-refractivity contribution in [2.75, 3.05) is 211 Å². The fraction of sp³-hybridized carbons (Fsp3) is 0.320. The second kappa shape index (κ2) is 49.7. The summed E-state index contributed by atoms with van der Waals surface area (Å²) in [4.78, 5) is 59.7. The van der Waals surface area contributed by atoms with Gasteiger partial charge in [-0.3, -0.25) is 19.9 Å². The molecule has 9 heterocycles. The van der Waals surface area contributed by atoms with E-state index < -0.39 is 0 Å². The predicted molar refractivity (Wildman–Crippen MR) is 495 cm³/mol. The molecule has 0 N–H and O–H groups in total. The summed E-state index contributed by atoms with van der Waals surface area (Å²) in [5.74, 6) is 6.34. The van der Waals surface area contributed by atoms with Crippen molar-refractivity contribution in [2.24, 2.45) is 0 Å². The zero-order valence-electron chi connectivity index (χ0n) is 73.7. The number of aromatic nitrogens is 12. The van der Waals surface area contributed by atoms with Crippen LogP contribution in [0.15, 0.2) is 219 Å². The Morgan fingerprint density at radius 3 is 0.677 bits per heavy atom. The van der Waals surface area contributed by atoms with E-state index in [-0.39, 0.29) is 45.9 Å². The van der Waals surface area contributed by atoms with Gasteiger partial charge in [0.2, 0.25) is 0 Å². The molecule has 0 spiro atoms. The van der Waals surface area contributed by atoms with Crippen LogP contribution in [-0.4, -0.2) is 261 Å². The number of rotatable bonds is 56. The summed E-state index contributed by atoms with van der Waals surface area (Å²) in [6.07, 6.45) is 7.02. The third-order valence-electron chi connectivity index (χ3n) is 20.9. The molecular formula is C100H100N12O20Zn. The molecule has 2 aliphatic rings. The van der Waals surface area contributed by atoms with Gasteiger partial charge < -0.3 is 125 Å². The molecule has 33 heteroatoms. The number of benzene rings is 8. The van der Waals surface area contributed by atoms with Gasteiger partial charge in [-0.15, -0.1) is 0 Å². The third kappa shape index (κ3) is 26.0. The van der Waals surface area contributed by atoms with Crippen LogP contribution >= 0.6 is 0 Å². The van der Waals surface area contributed by atoms with Crippen molar-refractivity contribution in [3.63, 3.8) is 0 Å². The molecule has 682 valence electrons. The van der Waals surface area contributed by atoms with Gasteiger partial charge in [-0.1, -0.05) is 72.8 Å². The molecule has 0 saturated carbocycles. The Labute approximate surface area is 779 Å². The van der Waals surface area contributed by atoms with Gasteiger partial charge in [0.1, 0.15) is 121 Å². The Balaban J connectivity index is 0.0000129. The van der Waals surface area contributed by atoms with Gasteiger partial charge in [0, 0.05) is 91.2 Å². The first-order valence-electron chi connectivity index (χ1n) is 44.1. The molecule has 0 aliphatic carbocycles. The van der Waals surface area contributed by atoms with Crippen molar-refractivity contribution in [3.05, 3.63) is 219 Å². The van der Waals surface area contributed by atoms with Crippen molar-refractivity contribution >= 4 is 87.7 Å². The molecular weight excluding hydrogens is 1750 g/mol. The minimum Gasteiger partial charge on any atom is -0.491 e. The van der Waals surface area contributed by atoms with E-state index in [4.69, 9.17) is 135 Å². The van der Waals surface area contributed by atoms with Gasteiger partial charge in [0.05, 0.1) is 182 Å². The molecule has 8 bridgehead atoms.